The summed E-state index contributed by atoms with van der Waals surface area (Å²) in [5, 5.41) is 3.03. The molecule has 0 spiro atoms. The number of carbonyl (C=O) groups is 1. The molecule has 30 heavy (non-hydrogen) atoms. The zero-order valence-corrected chi connectivity index (χ0v) is 18.2. The van der Waals surface area contributed by atoms with E-state index in [-0.39, 0.29) is 5.91 Å². The standard InChI is InChI=1S/C25H32N4O/c1-3-4-15-29-23-12-11-21(26-25(30)20-10-8-9-19(2)16-20)17-22(23)27-24(29)18-28-13-6-5-7-14-28/h8-12,16-17H,3-7,13-15,18H2,1-2H3,(H,26,30). The lowest BCUT2D eigenvalue weighted by atomic mass is 10.1. The second-order valence-corrected chi connectivity index (χ2v) is 8.40. The first-order valence-electron chi connectivity index (χ1n) is 11.2. The van der Waals surface area contributed by atoms with E-state index in [1.807, 2.05) is 43.3 Å². The van der Waals surface area contributed by atoms with Crippen molar-refractivity contribution in [1.82, 2.24) is 14.5 Å². The van der Waals surface area contributed by atoms with Crippen molar-refractivity contribution in [3.63, 3.8) is 0 Å². The van der Waals surface area contributed by atoms with Gasteiger partial charge in [-0.15, -0.1) is 0 Å². The van der Waals surface area contributed by atoms with Gasteiger partial charge in [-0.2, -0.15) is 0 Å². The lowest BCUT2D eigenvalue weighted by Crippen LogP contribution is -2.30. The quantitative estimate of drug-likeness (QED) is 0.575. The Morgan fingerprint density at radius 2 is 1.93 bits per heavy atom. The number of anilines is 1. The number of nitrogens with one attached hydrogen (secondary N) is 1. The normalized spacial score (nSPS) is 14.9. The lowest BCUT2D eigenvalue weighted by Gasteiger charge is -2.26. The first-order chi connectivity index (χ1) is 14.6. The fourth-order valence-electron chi connectivity index (χ4n) is 4.25. The molecule has 2 heterocycles. The number of piperidine rings is 1. The Labute approximate surface area is 179 Å². The molecule has 1 aromatic heterocycles. The van der Waals surface area contributed by atoms with Crippen LogP contribution in [0, 0.1) is 6.92 Å². The van der Waals surface area contributed by atoms with Gasteiger partial charge < -0.3 is 9.88 Å². The fourth-order valence-corrected chi connectivity index (χ4v) is 4.25. The number of unbranched alkanes of at least 4 members (excludes halogenated alkanes) is 1. The van der Waals surface area contributed by atoms with Crippen LogP contribution in [0.3, 0.4) is 0 Å². The minimum Gasteiger partial charge on any atom is -0.327 e. The van der Waals surface area contributed by atoms with Gasteiger partial charge in [-0.3, -0.25) is 9.69 Å². The van der Waals surface area contributed by atoms with Crippen LogP contribution in [0.15, 0.2) is 42.5 Å². The number of hydrogen-bond donors (Lipinski definition) is 1. The van der Waals surface area contributed by atoms with Crippen LogP contribution in [0.4, 0.5) is 5.69 Å². The van der Waals surface area contributed by atoms with Crippen molar-refractivity contribution in [2.45, 2.75) is 59.0 Å². The van der Waals surface area contributed by atoms with Gasteiger partial charge in [-0.05, 0) is 69.6 Å². The number of benzene rings is 2. The number of rotatable bonds is 7. The number of nitrogens with zero attached hydrogens (tertiary/aromatic N) is 3. The number of hydrogen-bond acceptors (Lipinski definition) is 3. The number of aromatic nitrogens is 2. The second-order valence-electron chi connectivity index (χ2n) is 8.40. The van der Waals surface area contributed by atoms with Gasteiger partial charge in [-0.1, -0.05) is 37.5 Å². The Bertz CT molecular complexity index is 1020. The molecule has 5 nitrogen and oxygen atoms in total. The van der Waals surface area contributed by atoms with Gasteiger partial charge in [0.05, 0.1) is 17.6 Å². The molecule has 1 amide bonds. The Kier molecular flexibility index (Phi) is 6.48. The van der Waals surface area contributed by atoms with Crippen molar-refractivity contribution in [1.29, 1.82) is 0 Å². The molecule has 0 bridgehead atoms. The molecule has 4 rings (SSSR count). The summed E-state index contributed by atoms with van der Waals surface area (Å²) in [6, 6.07) is 13.8. The molecule has 0 atom stereocenters. The van der Waals surface area contributed by atoms with Crippen LogP contribution in [0.1, 0.15) is 60.8 Å². The second kappa shape index (κ2) is 9.43. The highest BCUT2D eigenvalue weighted by atomic mass is 16.1. The van der Waals surface area contributed by atoms with E-state index in [0.717, 1.165) is 67.1 Å². The van der Waals surface area contributed by atoms with E-state index < -0.39 is 0 Å². The molecule has 0 radical (unpaired) electrons. The van der Waals surface area contributed by atoms with Crippen molar-refractivity contribution in [3.05, 3.63) is 59.4 Å². The predicted molar refractivity (Wildman–Crippen MR) is 123 cm³/mol. The largest absolute Gasteiger partial charge is 0.327 e. The molecule has 0 saturated carbocycles. The summed E-state index contributed by atoms with van der Waals surface area (Å²) in [5.41, 5.74) is 4.66. The highest BCUT2D eigenvalue weighted by Gasteiger charge is 2.17. The molecule has 158 valence electrons. The van der Waals surface area contributed by atoms with Gasteiger partial charge in [0.25, 0.3) is 5.91 Å². The highest BCUT2D eigenvalue weighted by molar-refractivity contribution is 6.05. The first-order valence-corrected chi connectivity index (χ1v) is 11.2. The number of likely N-dealkylation sites (tertiary alicyclic amines) is 1. The number of imidazole rings is 1. The van der Waals surface area contributed by atoms with E-state index in [2.05, 4.69) is 27.8 Å². The number of fused-ring (bicyclic) bond motifs is 1. The van der Waals surface area contributed by atoms with Gasteiger partial charge in [0.2, 0.25) is 0 Å². The molecule has 2 aromatic carbocycles. The zero-order valence-electron chi connectivity index (χ0n) is 18.2. The maximum atomic E-state index is 12.6. The van der Waals surface area contributed by atoms with Gasteiger partial charge in [0.15, 0.2) is 0 Å². The van der Waals surface area contributed by atoms with E-state index in [4.69, 9.17) is 4.98 Å². The van der Waals surface area contributed by atoms with E-state index in [1.54, 1.807) is 0 Å². The summed E-state index contributed by atoms with van der Waals surface area (Å²) in [7, 11) is 0. The van der Waals surface area contributed by atoms with Gasteiger partial charge in [0.1, 0.15) is 5.82 Å². The summed E-state index contributed by atoms with van der Waals surface area (Å²) < 4.78 is 2.37. The summed E-state index contributed by atoms with van der Waals surface area (Å²) in [4.78, 5) is 20.1. The fraction of sp³-hybridized carbons (Fsp3) is 0.440. The van der Waals surface area contributed by atoms with Crippen molar-refractivity contribution in [3.8, 4) is 0 Å². The van der Waals surface area contributed by atoms with Crippen molar-refractivity contribution in [2.24, 2.45) is 0 Å². The molecule has 0 unspecified atom stereocenters. The van der Waals surface area contributed by atoms with Gasteiger partial charge >= 0.3 is 0 Å². The Hall–Kier alpha value is -2.66. The maximum Gasteiger partial charge on any atom is 0.255 e. The SMILES string of the molecule is CCCCn1c(CN2CCCCC2)nc2cc(NC(=O)c3cccc(C)c3)ccc21. The third-order valence-electron chi connectivity index (χ3n) is 5.91. The molecule has 0 aliphatic carbocycles. The molecule has 1 N–H and O–H groups in total. The van der Waals surface area contributed by atoms with Crippen molar-refractivity contribution < 1.29 is 4.79 Å². The molecule has 1 aliphatic rings. The van der Waals surface area contributed by atoms with E-state index in [9.17, 15) is 4.79 Å². The van der Waals surface area contributed by atoms with Crippen LogP contribution in [-0.2, 0) is 13.1 Å². The molecular formula is C25H32N4O. The molecular weight excluding hydrogens is 372 g/mol. The highest BCUT2D eigenvalue weighted by Crippen LogP contribution is 2.23. The monoisotopic (exact) mass is 404 g/mol. The van der Waals surface area contributed by atoms with Crippen LogP contribution in [0.2, 0.25) is 0 Å². The molecule has 1 saturated heterocycles. The molecule has 3 aromatic rings. The van der Waals surface area contributed by atoms with Crippen LogP contribution in [0.5, 0.6) is 0 Å². The Morgan fingerprint density at radius 3 is 2.70 bits per heavy atom. The van der Waals surface area contributed by atoms with Crippen LogP contribution >= 0.6 is 0 Å². The van der Waals surface area contributed by atoms with Crippen LogP contribution < -0.4 is 5.32 Å². The number of carbonyl (C=O) groups excluding carboxylic acids is 1. The average molecular weight is 405 g/mol. The van der Waals surface area contributed by atoms with Crippen LogP contribution in [0.25, 0.3) is 11.0 Å². The zero-order chi connectivity index (χ0) is 20.9. The predicted octanol–water partition coefficient (Wildman–Crippen LogP) is 5.38. The van der Waals surface area contributed by atoms with Gasteiger partial charge in [-0.25, -0.2) is 4.98 Å². The van der Waals surface area contributed by atoms with Crippen molar-refractivity contribution in [2.75, 3.05) is 18.4 Å². The van der Waals surface area contributed by atoms with Gasteiger partial charge in [0, 0.05) is 17.8 Å². The average Bonchev–Trinajstić information content (AvgIpc) is 3.09. The topological polar surface area (TPSA) is 50.2 Å². The molecule has 1 fully saturated rings. The first kappa shape index (κ1) is 20.6. The third-order valence-corrected chi connectivity index (χ3v) is 5.91. The Balaban J connectivity index is 1.58. The number of aryl methyl sites for hydroxylation is 2. The smallest absolute Gasteiger partial charge is 0.255 e. The van der Waals surface area contributed by atoms with E-state index in [0.29, 0.717) is 5.56 Å². The van der Waals surface area contributed by atoms with E-state index in [1.165, 1.54) is 19.3 Å². The molecule has 1 aliphatic heterocycles. The third kappa shape index (κ3) is 4.73. The minimum absolute atomic E-state index is 0.0861. The lowest BCUT2D eigenvalue weighted by molar-refractivity contribution is 0.102. The molecule has 5 heteroatoms. The van der Waals surface area contributed by atoms with Crippen molar-refractivity contribution >= 4 is 22.6 Å². The minimum atomic E-state index is -0.0861. The summed E-state index contributed by atoms with van der Waals surface area (Å²) >= 11 is 0. The maximum absolute atomic E-state index is 12.6. The van der Waals surface area contributed by atoms with E-state index >= 15 is 0 Å². The summed E-state index contributed by atoms with van der Waals surface area (Å²) in [6.45, 7) is 8.44. The van der Waals surface area contributed by atoms with Crippen LogP contribution in [-0.4, -0.2) is 33.4 Å². The Morgan fingerprint density at radius 1 is 1.10 bits per heavy atom. The summed E-state index contributed by atoms with van der Waals surface area (Å²) in [5.74, 6) is 1.06. The number of amides is 1. The summed E-state index contributed by atoms with van der Waals surface area (Å²) in [6.07, 6.45) is 6.21.